The number of rotatable bonds is 0. The van der Waals surface area contributed by atoms with E-state index in [1.807, 2.05) is 6.08 Å². The van der Waals surface area contributed by atoms with Gasteiger partial charge in [0.25, 0.3) is 5.91 Å². The fourth-order valence-electron chi connectivity index (χ4n) is 4.77. The predicted molar refractivity (Wildman–Crippen MR) is 119 cm³/mol. The van der Waals surface area contributed by atoms with Crippen LogP contribution in [0.5, 0.6) is 0 Å². The van der Waals surface area contributed by atoms with Crippen LogP contribution in [-0.4, -0.2) is 59.7 Å². The highest BCUT2D eigenvalue weighted by molar-refractivity contribution is 6.38. The summed E-state index contributed by atoms with van der Waals surface area (Å²) in [6.45, 7) is 0.615. The first-order chi connectivity index (χ1) is 15.6. The zero-order valence-corrected chi connectivity index (χ0v) is 19.1. The Balaban J connectivity index is 1.66. The van der Waals surface area contributed by atoms with Crippen molar-refractivity contribution in [2.24, 2.45) is 0 Å². The minimum absolute atomic E-state index is 0.00714. The van der Waals surface area contributed by atoms with Gasteiger partial charge in [0, 0.05) is 19.4 Å². The minimum atomic E-state index is -0.708. The van der Waals surface area contributed by atoms with Crippen LogP contribution >= 0.6 is 0 Å². The zero-order valence-electron chi connectivity index (χ0n) is 19.1. The molecule has 0 spiro atoms. The number of esters is 1. The number of hydrogen-bond donors (Lipinski definition) is 0. The fraction of sp³-hybridized carbons (Fsp3) is 0.760. The first-order valence-electron chi connectivity index (χ1n) is 12.4. The van der Waals surface area contributed by atoms with Crippen molar-refractivity contribution >= 4 is 23.4 Å². The smallest absolute Gasteiger partial charge is 0.328 e. The second-order valence-electron chi connectivity index (χ2n) is 9.18. The molecule has 7 heteroatoms. The number of nitrogens with zero attached hydrogens (tertiary/aromatic N) is 1. The molecule has 3 aliphatic rings. The number of cyclic esters (lactones) is 1. The van der Waals surface area contributed by atoms with Crippen LogP contribution in [0.4, 0.5) is 0 Å². The van der Waals surface area contributed by atoms with Crippen LogP contribution in [0.3, 0.4) is 0 Å². The van der Waals surface area contributed by atoms with E-state index >= 15 is 0 Å². The third-order valence-electron chi connectivity index (χ3n) is 6.64. The number of carbonyl (C=O) groups excluding carboxylic acids is 4. The first kappa shape index (κ1) is 24.6. The van der Waals surface area contributed by atoms with E-state index < -0.39 is 29.8 Å². The highest BCUT2D eigenvalue weighted by atomic mass is 16.5. The van der Waals surface area contributed by atoms with Gasteiger partial charge in [0.2, 0.25) is 5.78 Å². The van der Waals surface area contributed by atoms with E-state index in [1.165, 1.54) is 4.90 Å². The van der Waals surface area contributed by atoms with Crippen molar-refractivity contribution in [3.8, 4) is 0 Å². The Bertz CT molecular complexity index is 703. The van der Waals surface area contributed by atoms with Gasteiger partial charge >= 0.3 is 5.97 Å². The number of fused-ring (bicyclic) bond motifs is 3. The Kier molecular flexibility index (Phi) is 9.90. The maximum atomic E-state index is 13.0. The van der Waals surface area contributed by atoms with Crippen molar-refractivity contribution in [1.82, 2.24) is 4.90 Å². The van der Waals surface area contributed by atoms with E-state index in [-0.39, 0.29) is 18.5 Å². The van der Waals surface area contributed by atoms with E-state index in [2.05, 4.69) is 6.08 Å². The molecule has 7 nitrogen and oxygen atoms in total. The van der Waals surface area contributed by atoms with Crippen molar-refractivity contribution in [2.75, 3.05) is 13.2 Å². The lowest BCUT2D eigenvalue weighted by Crippen LogP contribution is -2.53. The van der Waals surface area contributed by atoms with Crippen LogP contribution in [0.2, 0.25) is 0 Å². The molecule has 32 heavy (non-hydrogen) atoms. The normalized spacial score (nSPS) is 30.2. The standard InChI is InChI=1S/C25H37NO6/c27-19-11-4-2-1-3-5-13-20-14-10-16-22(32-20)23(28)24(29)26-17-8-6-15-21(26)25(30)31-18-9-7-12-19/h2,4,20-22H,1,3,5-18H2. The number of carbonyl (C=O) groups is 4. The summed E-state index contributed by atoms with van der Waals surface area (Å²) in [7, 11) is 0. The molecule has 3 aliphatic heterocycles. The average Bonchev–Trinajstić information content (AvgIpc) is 2.81. The minimum Gasteiger partial charge on any atom is -0.464 e. The van der Waals surface area contributed by atoms with E-state index in [4.69, 9.17) is 9.47 Å². The summed E-state index contributed by atoms with van der Waals surface area (Å²) in [6.07, 6.45) is 13.7. The molecule has 178 valence electrons. The van der Waals surface area contributed by atoms with Crippen LogP contribution in [0, 0.1) is 0 Å². The summed E-state index contributed by atoms with van der Waals surface area (Å²) in [5.41, 5.74) is 0. The van der Waals surface area contributed by atoms with E-state index in [0.717, 1.165) is 51.4 Å². The number of ketones is 2. The Hall–Kier alpha value is -2.02. The lowest BCUT2D eigenvalue weighted by Gasteiger charge is -2.35. The number of Topliss-reactive ketones (excluding diaryl/α,β-unsaturated/α-hetero) is 2. The molecule has 3 atom stereocenters. The maximum absolute atomic E-state index is 13.0. The summed E-state index contributed by atoms with van der Waals surface area (Å²) in [6, 6.07) is -0.708. The van der Waals surface area contributed by atoms with Crippen LogP contribution in [0.25, 0.3) is 0 Å². The number of allylic oxidation sites excluding steroid dienone is 2. The Morgan fingerprint density at radius 2 is 1.62 bits per heavy atom. The lowest BCUT2D eigenvalue weighted by atomic mass is 9.96. The molecule has 1 amide bonds. The van der Waals surface area contributed by atoms with Crippen LogP contribution in [0.1, 0.15) is 89.9 Å². The van der Waals surface area contributed by atoms with E-state index in [9.17, 15) is 19.2 Å². The van der Waals surface area contributed by atoms with Gasteiger partial charge < -0.3 is 14.4 Å². The largest absolute Gasteiger partial charge is 0.464 e. The van der Waals surface area contributed by atoms with Gasteiger partial charge in [-0.2, -0.15) is 0 Å². The van der Waals surface area contributed by atoms with Gasteiger partial charge in [-0.1, -0.05) is 18.6 Å². The molecule has 0 aromatic heterocycles. The maximum Gasteiger partial charge on any atom is 0.328 e. The zero-order chi connectivity index (χ0) is 22.8. The summed E-state index contributed by atoms with van der Waals surface area (Å²) >= 11 is 0. The third-order valence-corrected chi connectivity index (χ3v) is 6.64. The van der Waals surface area contributed by atoms with Gasteiger partial charge in [-0.3, -0.25) is 14.4 Å². The molecular weight excluding hydrogens is 410 g/mol. The van der Waals surface area contributed by atoms with Crippen molar-refractivity contribution in [3.63, 3.8) is 0 Å². The van der Waals surface area contributed by atoms with Crippen LogP contribution < -0.4 is 0 Å². The van der Waals surface area contributed by atoms with Crippen molar-refractivity contribution in [1.29, 1.82) is 0 Å². The molecule has 3 heterocycles. The highest BCUT2D eigenvalue weighted by Crippen LogP contribution is 2.26. The van der Waals surface area contributed by atoms with Crippen LogP contribution in [0.15, 0.2) is 12.2 Å². The quantitative estimate of drug-likeness (QED) is 0.320. The molecule has 2 saturated heterocycles. The number of ether oxygens (including phenoxy) is 2. The molecule has 2 bridgehead atoms. The van der Waals surface area contributed by atoms with Crippen molar-refractivity contribution in [3.05, 3.63) is 12.2 Å². The summed E-state index contributed by atoms with van der Waals surface area (Å²) < 4.78 is 11.4. The lowest BCUT2D eigenvalue weighted by molar-refractivity contribution is -0.164. The average molecular weight is 448 g/mol. The first-order valence-corrected chi connectivity index (χ1v) is 12.4. The molecule has 0 aromatic rings. The molecule has 3 rings (SSSR count). The third kappa shape index (κ3) is 7.26. The molecular formula is C25H37NO6. The topological polar surface area (TPSA) is 90.0 Å². The Morgan fingerprint density at radius 1 is 0.812 bits per heavy atom. The van der Waals surface area contributed by atoms with Gasteiger partial charge in [-0.25, -0.2) is 4.79 Å². The second kappa shape index (κ2) is 12.9. The van der Waals surface area contributed by atoms with Gasteiger partial charge in [0.05, 0.1) is 12.7 Å². The van der Waals surface area contributed by atoms with E-state index in [0.29, 0.717) is 45.1 Å². The second-order valence-corrected chi connectivity index (χ2v) is 9.18. The number of amides is 1. The summed E-state index contributed by atoms with van der Waals surface area (Å²) in [5.74, 6) is -1.39. The van der Waals surface area contributed by atoms with Gasteiger partial charge in [-0.05, 0) is 70.6 Å². The molecule has 3 unspecified atom stereocenters. The monoisotopic (exact) mass is 447 g/mol. The SMILES string of the molecule is O=C1CC=CCCCCC2CCCC(O2)C(=O)C(=O)N2CCCCC2C(=O)OCCCC1. The van der Waals surface area contributed by atoms with Gasteiger partial charge in [-0.15, -0.1) is 0 Å². The number of piperidine rings is 1. The molecule has 0 radical (unpaired) electrons. The summed E-state index contributed by atoms with van der Waals surface area (Å²) in [4.78, 5) is 52.0. The molecule has 0 saturated carbocycles. The van der Waals surface area contributed by atoms with E-state index in [1.54, 1.807) is 0 Å². The van der Waals surface area contributed by atoms with Gasteiger partial charge in [0.15, 0.2) is 0 Å². The molecule has 0 aromatic carbocycles. The Labute approximate surface area is 190 Å². The molecule has 0 aliphatic carbocycles. The van der Waals surface area contributed by atoms with Crippen LogP contribution in [-0.2, 0) is 28.7 Å². The van der Waals surface area contributed by atoms with Crippen molar-refractivity contribution < 1.29 is 28.7 Å². The number of hydrogen-bond acceptors (Lipinski definition) is 6. The van der Waals surface area contributed by atoms with Gasteiger partial charge in [0.1, 0.15) is 17.9 Å². The molecule has 2 fully saturated rings. The predicted octanol–water partition coefficient (Wildman–Crippen LogP) is 3.68. The highest BCUT2D eigenvalue weighted by Gasteiger charge is 2.40. The Morgan fingerprint density at radius 3 is 2.50 bits per heavy atom. The molecule has 0 N–H and O–H groups in total. The van der Waals surface area contributed by atoms with Crippen molar-refractivity contribution in [2.45, 2.75) is 108 Å². The fourth-order valence-corrected chi connectivity index (χ4v) is 4.77. The summed E-state index contributed by atoms with van der Waals surface area (Å²) in [5, 5.41) is 0.